The number of benzene rings is 6. The van der Waals surface area contributed by atoms with Crippen LogP contribution in [0, 0.1) is 0 Å². The van der Waals surface area contributed by atoms with Gasteiger partial charge in [-0.15, -0.1) is 34.0 Å². The second-order valence-corrected chi connectivity index (χ2v) is 18.2. The lowest BCUT2D eigenvalue weighted by Crippen LogP contribution is -2.14. The highest BCUT2D eigenvalue weighted by Gasteiger charge is 2.36. The van der Waals surface area contributed by atoms with Crippen molar-refractivity contribution in [3.63, 3.8) is 0 Å². The molecule has 0 fully saturated rings. The molecule has 11 rings (SSSR count). The van der Waals surface area contributed by atoms with Crippen LogP contribution >= 0.6 is 34.0 Å². The van der Waals surface area contributed by atoms with Gasteiger partial charge in [0.15, 0.2) is 0 Å². The molecule has 0 atom stereocenters. The Balaban J connectivity index is 0.983. The van der Waals surface area contributed by atoms with Crippen LogP contribution in [-0.2, 0) is 10.8 Å². The third-order valence-corrected chi connectivity index (χ3v) is 14.9. The Labute approximate surface area is 297 Å². The predicted octanol–water partition coefficient (Wildman–Crippen LogP) is 14.4. The van der Waals surface area contributed by atoms with Crippen LogP contribution in [0.3, 0.4) is 0 Å². The summed E-state index contributed by atoms with van der Waals surface area (Å²) < 4.78 is 5.48. The summed E-state index contributed by atoms with van der Waals surface area (Å²) in [6.45, 7) is 9.46. The molecule has 0 radical (unpaired) electrons. The SMILES string of the molecule is CC1(C)c2ccccc2-c2ccc(-c3cc4cc5c(cc4s3)sc3cc4sc(-c6ccc7c(c6)C(C)(C)c6ccccc6-7)cc4cc35)cc21. The van der Waals surface area contributed by atoms with Gasteiger partial charge in [0.1, 0.15) is 0 Å². The first-order valence-corrected chi connectivity index (χ1v) is 19.5. The molecule has 2 aliphatic carbocycles. The Morgan fingerprint density at radius 2 is 0.796 bits per heavy atom. The fourth-order valence-electron chi connectivity index (χ4n) is 8.84. The normalized spacial score (nSPS) is 15.3. The van der Waals surface area contributed by atoms with Crippen LogP contribution in [0.4, 0.5) is 0 Å². The van der Waals surface area contributed by atoms with Crippen molar-refractivity contribution in [2.75, 3.05) is 0 Å². The number of fused-ring (bicyclic) bond motifs is 11. The lowest BCUT2D eigenvalue weighted by molar-refractivity contribution is 0.660. The average molecular weight is 681 g/mol. The van der Waals surface area contributed by atoms with E-state index in [1.54, 1.807) is 0 Å². The highest BCUT2D eigenvalue weighted by atomic mass is 32.1. The Bertz CT molecular complexity index is 2690. The van der Waals surface area contributed by atoms with Crippen molar-refractivity contribution in [2.24, 2.45) is 0 Å². The molecule has 3 heterocycles. The van der Waals surface area contributed by atoms with Gasteiger partial charge in [0.2, 0.25) is 0 Å². The second-order valence-electron chi connectivity index (χ2n) is 15.0. The summed E-state index contributed by atoms with van der Waals surface area (Å²) in [6.07, 6.45) is 0. The van der Waals surface area contributed by atoms with Crippen LogP contribution < -0.4 is 0 Å². The van der Waals surface area contributed by atoms with E-state index >= 15 is 0 Å². The molecule has 0 aliphatic heterocycles. The third-order valence-electron chi connectivity index (χ3n) is 11.5. The minimum atomic E-state index is 0.00991. The van der Waals surface area contributed by atoms with E-state index in [0.717, 1.165) is 0 Å². The van der Waals surface area contributed by atoms with E-state index in [4.69, 9.17) is 0 Å². The Hall–Kier alpha value is -4.54. The van der Waals surface area contributed by atoms with Crippen LogP contribution in [-0.4, -0.2) is 0 Å². The number of thiophene rings is 3. The van der Waals surface area contributed by atoms with Gasteiger partial charge in [-0.2, -0.15) is 0 Å². The molecule has 3 heteroatoms. The lowest BCUT2D eigenvalue weighted by Gasteiger charge is -2.21. The fourth-order valence-corrected chi connectivity index (χ4v) is 12.3. The first-order valence-electron chi connectivity index (χ1n) is 17.1. The van der Waals surface area contributed by atoms with E-state index in [0.29, 0.717) is 0 Å². The molecule has 3 aromatic heterocycles. The molecule has 6 aromatic carbocycles. The van der Waals surface area contributed by atoms with Crippen LogP contribution in [0.2, 0.25) is 0 Å². The Morgan fingerprint density at radius 3 is 1.27 bits per heavy atom. The zero-order valence-corrected chi connectivity index (χ0v) is 30.2. The standard InChI is InChI=1S/C46H32S3/c1-45(2)35-11-7-5-9-29(35)31-15-13-25(19-37(31)45)39-21-27-17-33-34-18-28-22-40(48-42(28)24-44(34)49-43(33)23-41(27)47-39)26-14-16-32-30-10-6-8-12-36(30)46(3,4)38(32)20-26/h5-24H,1-4H3. The Morgan fingerprint density at radius 1 is 0.367 bits per heavy atom. The molecule has 234 valence electrons. The number of hydrogen-bond acceptors (Lipinski definition) is 3. The predicted molar refractivity (Wildman–Crippen MR) is 216 cm³/mol. The zero-order valence-electron chi connectivity index (χ0n) is 27.8. The van der Waals surface area contributed by atoms with E-state index in [-0.39, 0.29) is 10.8 Å². The molecular weight excluding hydrogens is 649 g/mol. The number of hydrogen-bond donors (Lipinski definition) is 0. The molecule has 0 spiro atoms. The molecule has 0 unspecified atom stereocenters. The molecule has 0 saturated carbocycles. The summed E-state index contributed by atoms with van der Waals surface area (Å²) in [5.74, 6) is 0. The molecule has 0 amide bonds. The summed E-state index contributed by atoms with van der Waals surface area (Å²) in [4.78, 5) is 2.69. The zero-order chi connectivity index (χ0) is 32.8. The summed E-state index contributed by atoms with van der Waals surface area (Å²) in [5.41, 5.74) is 13.9. The van der Waals surface area contributed by atoms with Gasteiger partial charge in [0.05, 0.1) is 0 Å². The average Bonchev–Trinajstić information content (AvgIpc) is 3.90. The van der Waals surface area contributed by atoms with Crippen molar-refractivity contribution in [2.45, 2.75) is 38.5 Å². The van der Waals surface area contributed by atoms with E-state index in [2.05, 4.69) is 149 Å². The van der Waals surface area contributed by atoms with Crippen molar-refractivity contribution < 1.29 is 0 Å². The highest BCUT2D eigenvalue weighted by Crippen LogP contribution is 2.52. The monoisotopic (exact) mass is 680 g/mol. The topological polar surface area (TPSA) is 0 Å². The summed E-state index contributed by atoms with van der Waals surface area (Å²) in [5, 5.41) is 5.41. The van der Waals surface area contributed by atoms with E-state index in [9.17, 15) is 0 Å². The molecule has 0 N–H and O–H groups in total. The molecule has 0 saturated heterocycles. The van der Waals surface area contributed by atoms with Crippen LogP contribution in [0.1, 0.15) is 49.9 Å². The van der Waals surface area contributed by atoms with Gasteiger partial charge in [-0.3, -0.25) is 0 Å². The van der Waals surface area contributed by atoms with Gasteiger partial charge in [-0.25, -0.2) is 0 Å². The maximum Gasteiger partial charge on any atom is 0.0369 e. The lowest BCUT2D eigenvalue weighted by atomic mass is 9.82. The fraction of sp³-hybridized carbons (Fsp3) is 0.130. The van der Waals surface area contributed by atoms with Gasteiger partial charge < -0.3 is 0 Å². The van der Waals surface area contributed by atoms with Gasteiger partial charge in [0.25, 0.3) is 0 Å². The van der Waals surface area contributed by atoms with Crippen molar-refractivity contribution >= 4 is 74.4 Å². The van der Waals surface area contributed by atoms with Crippen molar-refractivity contribution in [3.8, 4) is 43.1 Å². The molecule has 0 nitrogen and oxygen atoms in total. The minimum absolute atomic E-state index is 0.00991. The molecule has 49 heavy (non-hydrogen) atoms. The molecular formula is C46H32S3. The molecule has 0 bridgehead atoms. The van der Waals surface area contributed by atoms with E-state index in [1.807, 2.05) is 34.0 Å². The van der Waals surface area contributed by atoms with Crippen molar-refractivity contribution in [3.05, 3.63) is 144 Å². The van der Waals surface area contributed by atoms with Crippen LogP contribution in [0.15, 0.2) is 121 Å². The third kappa shape index (κ3) is 3.84. The quantitative estimate of drug-likeness (QED) is 0.170. The minimum Gasteiger partial charge on any atom is -0.135 e. The van der Waals surface area contributed by atoms with E-state index in [1.165, 1.54) is 106 Å². The maximum absolute atomic E-state index is 2.45. The summed E-state index contributed by atoms with van der Waals surface area (Å²) in [7, 11) is 0. The Kier molecular flexibility index (Phi) is 5.53. The van der Waals surface area contributed by atoms with Crippen molar-refractivity contribution in [1.29, 1.82) is 0 Å². The second kappa shape index (κ2) is 9.57. The van der Waals surface area contributed by atoms with Crippen molar-refractivity contribution in [1.82, 2.24) is 0 Å². The van der Waals surface area contributed by atoms with E-state index < -0.39 is 0 Å². The van der Waals surface area contributed by atoms with Gasteiger partial charge in [0, 0.05) is 50.2 Å². The van der Waals surface area contributed by atoms with Gasteiger partial charge >= 0.3 is 0 Å². The first kappa shape index (κ1) is 28.3. The van der Waals surface area contributed by atoms with Crippen LogP contribution in [0.5, 0.6) is 0 Å². The van der Waals surface area contributed by atoms with Crippen LogP contribution in [0.25, 0.3) is 83.5 Å². The first-order chi connectivity index (χ1) is 23.7. The summed E-state index contributed by atoms with van der Waals surface area (Å²) in [6, 6.07) is 46.6. The smallest absolute Gasteiger partial charge is 0.0369 e. The molecule has 2 aliphatic rings. The van der Waals surface area contributed by atoms with Gasteiger partial charge in [-0.05, 0) is 115 Å². The highest BCUT2D eigenvalue weighted by molar-refractivity contribution is 7.27. The summed E-state index contributed by atoms with van der Waals surface area (Å²) >= 11 is 5.78. The molecule has 9 aromatic rings. The maximum atomic E-state index is 2.45. The van der Waals surface area contributed by atoms with Gasteiger partial charge in [-0.1, -0.05) is 100 Å². The largest absolute Gasteiger partial charge is 0.135 e. The number of rotatable bonds is 2.